The van der Waals surface area contributed by atoms with Gasteiger partial charge in [0.2, 0.25) is 5.90 Å². The first-order valence-electron chi connectivity index (χ1n) is 8.15. The van der Waals surface area contributed by atoms with Crippen LogP contribution in [0.1, 0.15) is 26.3 Å². The monoisotopic (exact) mass is 342 g/mol. The molecule has 2 aromatic carbocycles. The number of nitrogens with zero attached hydrogens (tertiary/aromatic N) is 2. The summed E-state index contributed by atoms with van der Waals surface area (Å²) in [4.78, 5) is 8.85. The summed E-state index contributed by atoms with van der Waals surface area (Å²) in [6.45, 7) is 6.64. The van der Waals surface area contributed by atoms with E-state index in [2.05, 4.69) is 30.8 Å². The molecule has 1 aliphatic heterocycles. The molecule has 0 unspecified atom stereocenters. The Hall–Kier alpha value is -2.56. The van der Waals surface area contributed by atoms with Crippen LogP contribution in [0.25, 0.3) is 0 Å². The van der Waals surface area contributed by atoms with Crippen molar-refractivity contribution in [3.05, 3.63) is 65.7 Å². The van der Waals surface area contributed by atoms with Gasteiger partial charge in [-0.15, -0.1) is 0 Å². The van der Waals surface area contributed by atoms with Crippen molar-refractivity contribution in [2.45, 2.75) is 26.8 Å². The van der Waals surface area contributed by atoms with Gasteiger partial charge in [-0.3, -0.25) is 0 Å². The largest absolute Gasteiger partial charge is 0.474 e. The maximum absolute atomic E-state index is 14.1. The molecule has 0 fully saturated rings. The Morgan fingerprint density at radius 2 is 1.68 bits per heavy atom. The van der Waals surface area contributed by atoms with Gasteiger partial charge in [0.05, 0.1) is 6.04 Å². The van der Waals surface area contributed by atoms with Crippen LogP contribution in [0.15, 0.2) is 58.5 Å². The van der Waals surface area contributed by atoms with Crippen molar-refractivity contribution >= 4 is 17.3 Å². The highest BCUT2D eigenvalue weighted by Crippen LogP contribution is 2.28. The highest BCUT2D eigenvalue weighted by atomic mass is 19.1. The summed E-state index contributed by atoms with van der Waals surface area (Å²) in [5.74, 6) is -1.13. The van der Waals surface area contributed by atoms with E-state index in [-0.39, 0.29) is 17.1 Å². The van der Waals surface area contributed by atoms with Crippen molar-refractivity contribution in [3.63, 3.8) is 0 Å². The quantitative estimate of drug-likeness (QED) is 0.728. The number of benzene rings is 2. The second-order valence-electron chi connectivity index (χ2n) is 7.02. The number of para-hydroxylation sites is 1. The summed E-state index contributed by atoms with van der Waals surface area (Å²) in [6, 6.07) is 12.8. The zero-order valence-electron chi connectivity index (χ0n) is 14.5. The molecule has 0 saturated heterocycles. The number of aliphatic imine (C=N–C) groups is 2. The maximum Gasteiger partial charge on any atom is 0.236 e. The molecular formula is C20H20F2N2O. The average molecular weight is 342 g/mol. The highest BCUT2D eigenvalue weighted by molar-refractivity contribution is 6.46. The van der Waals surface area contributed by atoms with Crippen molar-refractivity contribution in [1.29, 1.82) is 0 Å². The van der Waals surface area contributed by atoms with Crippen LogP contribution in [-0.4, -0.2) is 24.3 Å². The Bertz CT molecular complexity index is 803. The Morgan fingerprint density at radius 3 is 2.24 bits per heavy atom. The minimum absolute atomic E-state index is 0.0399. The van der Waals surface area contributed by atoms with Gasteiger partial charge in [0, 0.05) is 5.56 Å². The molecule has 2 aromatic rings. The molecule has 1 heterocycles. The van der Waals surface area contributed by atoms with E-state index in [0.29, 0.717) is 23.8 Å². The Kier molecular flexibility index (Phi) is 4.66. The molecule has 1 atom stereocenters. The standard InChI is InChI=1S/C20H20F2N2O/c1-20(2,3)16-12-25-19(23-16)17(13-8-5-4-6-9-13)24-18-14(21)10-7-11-15(18)22/h4-11,16H,12H2,1-3H3/b24-17+/t16-/m1/s1. The zero-order valence-corrected chi connectivity index (χ0v) is 14.5. The number of hydrogen-bond acceptors (Lipinski definition) is 3. The zero-order chi connectivity index (χ0) is 18.0. The number of hydrogen-bond donors (Lipinski definition) is 0. The molecule has 5 heteroatoms. The smallest absolute Gasteiger partial charge is 0.236 e. The van der Waals surface area contributed by atoms with Crippen LogP contribution in [0.3, 0.4) is 0 Å². The van der Waals surface area contributed by atoms with Crippen molar-refractivity contribution in [3.8, 4) is 0 Å². The number of rotatable bonds is 3. The average Bonchev–Trinajstić information content (AvgIpc) is 3.05. The van der Waals surface area contributed by atoms with Crippen LogP contribution in [-0.2, 0) is 4.74 Å². The highest BCUT2D eigenvalue weighted by Gasteiger charge is 2.32. The Balaban J connectivity index is 2.11. The second kappa shape index (κ2) is 6.75. The fourth-order valence-electron chi connectivity index (χ4n) is 2.49. The van der Waals surface area contributed by atoms with Crippen LogP contribution in [0.2, 0.25) is 0 Å². The second-order valence-corrected chi connectivity index (χ2v) is 7.02. The van der Waals surface area contributed by atoms with E-state index in [1.54, 1.807) is 0 Å². The summed E-state index contributed by atoms with van der Waals surface area (Å²) in [7, 11) is 0. The van der Waals surface area contributed by atoms with Gasteiger partial charge in [0.25, 0.3) is 0 Å². The van der Waals surface area contributed by atoms with E-state index in [1.807, 2.05) is 30.3 Å². The fourth-order valence-corrected chi connectivity index (χ4v) is 2.49. The summed E-state index contributed by atoms with van der Waals surface area (Å²) < 4.78 is 33.8. The van der Waals surface area contributed by atoms with E-state index in [0.717, 1.165) is 0 Å². The van der Waals surface area contributed by atoms with Gasteiger partial charge in [-0.1, -0.05) is 57.2 Å². The molecule has 0 bridgehead atoms. The van der Waals surface area contributed by atoms with Gasteiger partial charge in [-0.2, -0.15) is 0 Å². The molecule has 1 aliphatic rings. The third-order valence-electron chi connectivity index (χ3n) is 4.06. The molecule has 0 aromatic heterocycles. The first kappa shape index (κ1) is 17.3. The SMILES string of the molecule is CC(C)(C)[C@H]1COC(/C(=N/c2c(F)cccc2F)c2ccccc2)=N1. The normalized spacial score (nSPS) is 18.0. The van der Waals surface area contributed by atoms with Gasteiger partial charge in [0.1, 0.15) is 18.0 Å². The molecule has 0 spiro atoms. The molecule has 0 aliphatic carbocycles. The van der Waals surface area contributed by atoms with Crippen LogP contribution in [0.4, 0.5) is 14.5 Å². The van der Waals surface area contributed by atoms with Crippen LogP contribution >= 0.6 is 0 Å². The van der Waals surface area contributed by atoms with Crippen molar-refractivity contribution < 1.29 is 13.5 Å². The molecular weight excluding hydrogens is 322 g/mol. The predicted octanol–water partition coefficient (Wildman–Crippen LogP) is 4.93. The van der Waals surface area contributed by atoms with E-state index < -0.39 is 11.6 Å². The molecule has 130 valence electrons. The van der Waals surface area contributed by atoms with Crippen LogP contribution in [0, 0.1) is 17.0 Å². The Labute approximate surface area is 146 Å². The fraction of sp³-hybridized carbons (Fsp3) is 0.300. The summed E-state index contributed by atoms with van der Waals surface area (Å²) in [5.41, 5.74) is 0.606. The van der Waals surface area contributed by atoms with Crippen molar-refractivity contribution in [2.75, 3.05) is 6.61 Å². The lowest BCUT2D eigenvalue weighted by Gasteiger charge is -2.21. The van der Waals surface area contributed by atoms with Crippen molar-refractivity contribution in [2.24, 2.45) is 15.4 Å². The maximum atomic E-state index is 14.1. The predicted molar refractivity (Wildman–Crippen MR) is 95.6 cm³/mol. The van der Waals surface area contributed by atoms with Crippen LogP contribution < -0.4 is 0 Å². The Morgan fingerprint density at radius 1 is 1.04 bits per heavy atom. The minimum Gasteiger partial charge on any atom is -0.474 e. The summed E-state index contributed by atoms with van der Waals surface area (Å²) in [5, 5.41) is 0. The first-order valence-corrected chi connectivity index (χ1v) is 8.15. The third-order valence-corrected chi connectivity index (χ3v) is 4.06. The summed E-state index contributed by atoms with van der Waals surface area (Å²) >= 11 is 0. The lowest BCUT2D eigenvalue weighted by Crippen LogP contribution is -2.25. The van der Waals surface area contributed by atoms with Gasteiger partial charge < -0.3 is 4.74 Å². The number of ether oxygens (including phenoxy) is 1. The van der Waals surface area contributed by atoms with E-state index in [1.165, 1.54) is 18.2 Å². The van der Waals surface area contributed by atoms with Gasteiger partial charge in [-0.25, -0.2) is 18.8 Å². The van der Waals surface area contributed by atoms with Gasteiger partial charge >= 0.3 is 0 Å². The number of halogens is 2. The van der Waals surface area contributed by atoms with E-state index in [4.69, 9.17) is 4.74 Å². The van der Waals surface area contributed by atoms with Crippen LogP contribution in [0.5, 0.6) is 0 Å². The molecule has 0 N–H and O–H groups in total. The topological polar surface area (TPSA) is 34.0 Å². The molecule has 25 heavy (non-hydrogen) atoms. The van der Waals surface area contributed by atoms with E-state index in [9.17, 15) is 8.78 Å². The third kappa shape index (κ3) is 3.76. The lowest BCUT2D eigenvalue weighted by molar-refractivity contribution is 0.237. The minimum atomic E-state index is -0.723. The lowest BCUT2D eigenvalue weighted by atomic mass is 9.88. The molecule has 0 saturated carbocycles. The van der Waals surface area contributed by atoms with E-state index >= 15 is 0 Å². The van der Waals surface area contributed by atoms with Gasteiger partial charge in [-0.05, 0) is 17.5 Å². The first-order chi connectivity index (χ1) is 11.9. The molecule has 0 radical (unpaired) electrons. The summed E-state index contributed by atoms with van der Waals surface area (Å²) in [6.07, 6.45) is 0. The van der Waals surface area contributed by atoms with Gasteiger partial charge in [0.15, 0.2) is 11.6 Å². The molecule has 3 rings (SSSR count). The van der Waals surface area contributed by atoms with Crippen molar-refractivity contribution in [1.82, 2.24) is 0 Å². The molecule has 0 amide bonds. The molecule has 3 nitrogen and oxygen atoms in total.